The summed E-state index contributed by atoms with van der Waals surface area (Å²) in [6.07, 6.45) is 2.56. The highest BCUT2D eigenvalue weighted by Gasteiger charge is 2.31. The molecule has 0 saturated carbocycles. The third-order valence-electron chi connectivity index (χ3n) is 5.53. The van der Waals surface area contributed by atoms with E-state index in [1.54, 1.807) is 19.2 Å². The van der Waals surface area contributed by atoms with Gasteiger partial charge >= 0.3 is 6.09 Å². The fourth-order valence-electron chi connectivity index (χ4n) is 3.87. The van der Waals surface area contributed by atoms with Gasteiger partial charge in [-0.25, -0.2) is 14.8 Å². The van der Waals surface area contributed by atoms with E-state index >= 15 is 0 Å². The van der Waals surface area contributed by atoms with Gasteiger partial charge in [-0.15, -0.1) is 0 Å². The lowest BCUT2D eigenvalue weighted by molar-refractivity contribution is -0.121. The number of para-hydroxylation sites is 1. The Hall–Kier alpha value is -4.14. The Morgan fingerprint density at radius 3 is 2.58 bits per heavy atom. The van der Waals surface area contributed by atoms with E-state index in [1.807, 2.05) is 42.5 Å². The first-order chi connectivity index (χ1) is 16.0. The van der Waals surface area contributed by atoms with Crippen molar-refractivity contribution in [3.05, 3.63) is 60.9 Å². The number of rotatable bonds is 6. The Labute approximate surface area is 191 Å². The van der Waals surface area contributed by atoms with E-state index in [2.05, 4.69) is 20.6 Å². The molecule has 9 heteroatoms. The third kappa shape index (κ3) is 5.20. The van der Waals surface area contributed by atoms with Crippen LogP contribution in [-0.2, 0) is 4.79 Å². The number of piperidine rings is 1. The second-order valence-corrected chi connectivity index (χ2v) is 7.67. The maximum Gasteiger partial charge on any atom is 0.407 e. The molecule has 0 aliphatic carbocycles. The average Bonchev–Trinajstić information content (AvgIpc) is 2.85. The number of benzene rings is 2. The second kappa shape index (κ2) is 9.99. The Morgan fingerprint density at radius 1 is 1.06 bits per heavy atom. The highest BCUT2D eigenvalue weighted by molar-refractivity contribution is 5.96. The fraction of sp³-hybridized carbons (Fsp3) is 0.250. The summed E-state index contributed by atoms with van der Waals surface area (Å²) < 4.78 is 5.42. The van der Waals surface area contributed by atoms with Crippen LogP contribution in [0.2, 0.25) is 0 Å². The van der Waals surface area contributed by atoms with Crippen molar-refractivity contribution >= 4 is 29.2 Å². The molecule has 0 radical (unpaired) electrons. The summed E-state index contributed by atoms with van der Waals surface area (Å²) in [6.45, 7) is 0.381. The van der Waals surface area contributed by atoms with Crippen LogP contribution in [0.25, 0.3) is 11.3 Å². The zero-order valence-electron chi connectivity index (χ0n) is 18.2. The second-order valence-electron chi connectivity index (χ2n) is 7.67. The predicted molar refractivity (Wildman–Crippen MR) is 125 cm³/mol. The van der Waals surface area contributed by atoms with Crippen molar-refractivity contribution in [1.29, 1.82) is 0 Å². The first-order valence-electron chi connectivity index (χ1n) is 10.7. The highest BCUT2D eigenvalue weighted by atomic mass is 16.5. The number of nitrogens with one attached hydrogen (secondary N) is 2. The standard InChI is InChI=1S/C24H25N5O4/c1-33-21-8-3-2-6-18(21)19-14-22(26-15-25-19)27-16-9-11-17(12-10-16)28-23(30)20-7-4-5-13-29(20)24(31)32/h2-3,6,8-12,14-15,20H,4-5,7,13H2,1H3,(H,28,30)(H,31,32)(H,25,26,27). The molecule has 1 unspecified atom stereocenters. The first kappa shape index (κ1) is 22.1. The molecule has 2 amide bonds. The van der Waals surface area contributed by atoms with Crippen LogP contribution in [0.1, 0.15) is 19.3 Å². The topological polar surface area (TPSA) is 117 Å². The van der Waals surface area contributed by atoms with Gasteiger partial charge < -0.3 is 20.5 Å². The van der Waals surface area contributed by atoms with Crippen LogP contribution in [0.15, 0.2) is 60.9 Å². The maximum absolute atomic E-state index is 12.6. The summed E-state index contributed by atoms with van der Waals surface area (Å²) in [4.78, 5) is 33.9. The first-order valence-corrected chi connectivity index (χ1v) is 10.7. The zero-order chi connectivity index (χ0) is 23.2. The molecule has 1 saturated heterocycles. The van der Waals surface area contributed by atoms with Crippen molar-refractivity contribution in [2.45, 2.75) is 25.3 Å². The molecule has 1 aliphatic heterocycles. The largest absolute Gasteiger partial charge is 0.496 e. The Bertz CT molecular complexity index is 1140. The quantitative estimate of drug-likeness (QED) is 0.514. The monoisotopic (exact) mass is 447 g/mol. The molecule has 3 aromatic rings. The predicted octanol–water partition coefficient (Wildman–Crippen LogP) is 4.37. The molecule has 1 fully saturated rings. The zero-order valence-corrected chi connectivity index (χ0v) is 18.2. The summed E-state index contributed by atoms with van der Waals surface area (Å²) in [6, 6.07) is 15.9. The van der Waals surface area contributed by atoms with E-state index in [-0.39, 0.29) is 5.91 Å². The highest BCUT2D eigenvalue weighted by Crippen LogP contribution is 2.29. The van der Waals surface area contributed by atoms with Crippen LogP contribution in [0.4, 0.5) is 22.0 Å². The number of hydrogen-bond donors (Lipinski definition) is 3. The minimum Gasteiger partial charge on any atom is -0.496 e. The molecule has 1 atom stereocenters. The Kier molecular flexibility index (Phi) is 6.68. The molecule has 0 bridgehead atoms. The SMILES string of the molecule is COc1ccccc1-c1cc(Nc2ccc(NC(=O)C3CCCCN3C(=O)O)cc2)ncn1. The van der Waals surface area contributed by atoms with E-state index in [4.69, 9.17) is 4.74 Å². The molecule has 4 rings (SSSR count). The Balaban J connectivity index is 1.43. The summed E-state index contributed by atoms with van der Waals surface area (Å²) in [5.74, 6) is 1.03. The van der Waals surface area contributed by atoms with Gasteiger partial charge in [0, 0.05) is 29.5 Å². The van der Waals surface area contributed by atoms with Gasteiger partial charge in [0.15, 0.2) is 0 Å². The normalized spacial score (nSPS) is 15.5. The number of hydrogen-bond acceptors (Lipinski definition) is 6. The molecule has 170 valence electrons. The smallest absolute Gasteiger partial charge is 0.407 e. The van der Waals surface area contributed by atoms with Crippen molar-refractivity contribution in [2.75, 3.05) is 24.3 Å². The lowest BCUT2D eigenvalue weighted by atomic mass is 10.0. The van der Waals surface area contributed by atoms with E-state index < -0.39 is 12.1 Å². The minimum atomic E-state index is -1.06. The van der Waals surface area contributed by atoms with E-state index in [9.17, 15) is 14.7 Å². The number of ether oxygens (including phenoxy) is 1. The van der Waals surface area contributed by atoms with Gasteiger partial charge in [0.25, 0.3) is 0 Å². The van der Waals surface area contributed by atoms with Gasteiger partial charge in [-0.3, -0.25) is 9.69 Å². The molecule has 33 heavy (non-hydrogen) atoms. The number of carbonyl (C=O) groups is 2. The van der Waals surface area contributed by atoms with Gasteiger partial charge in [0.05, 0.1) is 12.8 Å². The van der Waals surface area contributed by atoms with Crippen LogP contribution in [-0.4, -0.2) is 51.7 Å². The number of nitrogens with zero attached hydrogens (tertiary/aromatic N) is 3. The Morgan fingerprint density at radius 2 is 1.82 bits per heavy atom. The lowest BCUT2D eigenvalue weighted by Crippen LogP contribution is -2.49. The summed E-state index contributed by atoms with van der Waals surface area (Å²) >= 11 is 0. The summed E-state index contributed by atoms with van der Waals surface area (Å²) in [5.41, 5.74) is 2.97. The number of carboxylic acid groups (broad SMARTS) is 1. The van der Waals surface area contributed by atoms with Crippen molar-refractivity contribution in [1.82, 2.24) is 14.9 Å². The molecule has 2 heterocycles. The van der Waals surface area contributed by atoms with Crippen molar-refractivity contribution in [3.8, 4) is 17.0 Å². The van der Waals surface area contributed by atoms with Gasteiger partial charge in [0.2, 0.25) is 5.91 Å². The maximum atomic E-state index is 12.6. The van der Waals surface area contributed by atoms with Gasteiger partial charge in [-0.1, -0.05) is 12.1 Å². The number of amides is 2. The fourth-order valence-corrected chi connectivity index (χ4v) is 3.87. The number of likely N-dealkylation sites (tertiary alicyclic amines) is 1. The van der Waals surface area contributed by atoms with E-state index in [1.165, 1.54) is 11.2 Å². The average molecular weight is 447 g/mol. The molecule has 9 nitrogen and oxygen atoms in total. The summed E-state index contributed by atoms with van der Waals surface area (Å²) in [7, 11) is 1.62. The molecular formula is C24H25N5O4. The number of aromatic nitrogens is 2. The van der Waals surface area contributed by atoms with Crippen LogP contribution >= 0.6 is 0 Å². The summed E-state index contributed by atoms with van der Waals surface area (Å²) in [5, 5.41) is 15.4. The van der Waals surface area contributed by atoms with Crippen molar-refractivity contribution in [2.24, 2.45) is 0 Å². The van der Waals surface area contributed by atoms with E-state index in [0.717, 1.165) is 35.5 Å². The minimum absolute atomic E-state index is 0.310. The number of carbonyl (C=O) groups excluding carboxylic acids is 1. The van der Waals surface area contributed by atoms with Crippen LogP contribution in [0, 0.1) is 0 Å². The molecule has 1 aromatic heterocycles. The lowest BCUT2D eigenvalue weighted by Gasteiger charge is -2.32. The molecule has 0 spiro atoms. The van der Waals surface area contributed by atoms with Crippen LogP contribution in [0.3, 0.4) is 0 Å². The van der Waals surface area contributed by atoms with Gasteiger partial charge in [-0.05, 0) is 55.7 Å². The van der Waals surface area contributed by atoms with Crippen molar-refractivity contribution in [3.63, 3.8) is 0 Å². The molecule has 2 aromatic carbocycles. The third-order valence-corrected chi connectivity index (χ3v) is 5.53. The molecule has 1 aliphatic rings. The van der Waals surface area contributed by atoms with Crippen LogP contribution < -0.4 is 15.4 Å². The molecule has 3 N–H and O–H groups in total. The van der Waals surface area contributed by atoms with E-state index in [0.29, 0.717) is 24.5 Å². The molecular weight excluding hydrogens is 422 g/mol. The number of anilines is 3. The number of methoxy groups -OCH3 is 1. The van der Waals surface area contributed by atoms with Crippen molar-refractivity contribution < 1.29 is 19.4 Å². The van der Waals surface area contributed by atoms with Crippen LogP contribution in [0.5, 0.6) is 5.75 Å². The van der Waals surface area contributed by atoms with Gasteiger partial charge in [0.1, 0.15) is 23.9 Å². The van der Waals surface area contributed by atoms with Gasteiger partial charge in [-0.2, -0.15) is 0 Å².